The molecule has 2 saturated carbocycles. The zero-order chi connectivity index (χ0) is 25.8. The predicted molar refractivity (Wildman–Crippen MR) is 127 cm³/mol. The molecule has 36 heavy (non-hydrogen) atoms. The van der Waals surface area contributed by atoms with Crippen molar-refractivity contribution in [2.75, 3.05) is 6.54 Å². The molecule has 5 rings (SSSR count). The molecule has 4 aliphatic rings. The minimum atomic E-state index is -3.75. The van der Waals surface area contributed by atoms with Crippen LogP contribution in [0.5, 0.6) is 0 Å². The number of Topliss-reactive ketones (excluding diaryl/α,β-unsaturated/α-hetero) is 1. The van der Waals surface area contributed by atoms with Crippen LogP contribution in [-0.4, -0.2) is 59.5 Å². The van der Waals surface area contributed by atoms with Gasteiger partial charge in [0.25, 0.3) is 0 Å². The number of carbonyl (C=O) groups excluding carboxylic acids is 3. The average molecular weight is 540 g/mol. The molecular formula is C24H27ClFN3O6S. The molecule has 1 N–H and O–H groups in total. The Labute approximate surface area is 213 Å². The van der Waals surface area contributed by atoms with Crippen LogP contribution in [0.1, 0.15) is 43.2 Å². The van der Waals surface area contributed by atoms with Crippen LogP contribution in [0, 0.1) is 17.2 Å². The van der Waals surface area contributed by atoms with Gasteiger partial charge in [0.2, 0.25) is 15.9 Å². The maximum Gasteiger partial charge on any atom is 0.410 e. The molecule has 4 atom stereocenters. The van der Waals surface area contributed by atoms with Crippen molar-refractivity contribution in [2.24, 2.45) is 11.3 Å². The highest BCUT2D eigenvalue weighted by Crippen LogP contribution is 2.57. The molecule has 3 fully saturated rings. The highest BCUT2D eigenvalue weighted by Gasteiger charge is 2.61. The fraction of sp³-hybridized carbons (Fsp3) is 0.542. The van der Waals surface area contributed by atoms with Crippen molar-refractivity contribution in [3.63, 3.8) is 0 Å². The minimum Gasteiger partial charge on any atom is -0.445 e. The Balaban J connectivity index is 1.19. The van der Waals surface area contributed by atoms with Crippen LogP contribution in [0.15, 0.2) is 30.9 Å². The lowest BCUT2D eigenvalue weighted by atomic mass is 9.92. The van der Waals surface area contributed by atoms with Crippen LogP contribution in [0.25, 0.3) is 0 Å². The minimum absolute atomic E-state index is 0.102. The summed E-state index contributed by atoms with van der Waals surface area (Å²) < 4.78 is 47.5. The third-order valence-corrected chi connectivity index (χ3v) is 9.78. The molecule has 0 spiro atoms. The number of hydrogen-bond acceptors (Lipinski definition) is 7. The molecule has 0 radical (unpaired) electrons. The van der Waals surface area contributed by atoms with Crippen LogP contribution in [-0.2, 0) is 37.4 Å². The van der Waals surface area contributed by atoms with Gasteiger partial charge in [0, 0.05) is 24.9 Å². The molecule has 0 unspecified atom stereocenters. The Kier molecular flexibility index (Phi) is 6.37. The van der Waals surface area contributed by atoms with Gasteiger partial charge in [-0.05, 0) is 48.6 Å². The number of rotatable bonds is 8. The summed E-state index contributed by atoms with van der Waals surface area (Å²) in [5, 5.41) is -0.557. The predicted octanol–water partition coefficient (Wildman–Crippen LogP) is 2.63. The lowest BCUT2D eigenvalue weighted by Crippen LogP contribution is -2.42. The van der Waals surface area contributed by atoms with E-state index >= 15 is 0 Å². The number of allylic oxidation sites excluding steroid dienone is 1. The number of carbonyl (C=O) groups is 3. The van der Waals surface area contributed by atoms with E-state index in [1.54, 1.807) is 18.2 Å². The van der Waals surface area contributed by atoms with Crippen molar-refractivity contribution in [3.05, 3.63) is 47.8 Å². The maximum absolute atomic E-state index is 14.0. The number of nitrogens with one attached hydrogen (secondary N) is 1. The van der Waals surface area contributed by atoms with Crippen LogP contribution in [0.3, 0.4) is 0 Å². The van der Waals surface area contributed by atoms with Crippen molar-refractivity contribution >= 4 is 39.6 Å². The topological polar surface area (TPSA) is 113 Å². The number of sulfonamides is 1. The third kappa shape index (κ3) is 4.64. The van der Waals surface area contributed by atoms with Gasteiger partial charge in [0.1, 0.15) is 11.9 Å². The number of fused-ring (bicyclic) bond motifs is 1. The summed E-state index contributed by atoms with van der Waals surface area (Å²) >= 11 is 6.30. The van der Waals surface area contributed by atoms with Gasteiger partial charge in [-0.1, -0.05) is 18.2 Å². The summed E-state index contributed by atoms with van der Waals surface area (Å²) in [7, 11) is -3.75. The molecule has 2 aliphatic heterocycles. The second-order valence-corrected chi connectivity index (χ2v) is 12.5. The Morgan fingerprint density at radius 1 is 1.28 bits per heavy atom. The summed E-state index contributed by atoms with van der Waals surface area (Å²) in [6, 6.07) is 3.89. The Morgan fingerprint density at radius 3 is 2.67 bits per heavy atom. The zero-order valence-corrected chi connectivity index (χ0v) is 21.1. The zero-order valence-electron chi connectivity index (χ0n) is 19.5. The first-order chi connectivity index (χ1) is 17.0. The summed E-state index contributed by atoms with van der Waals surface area (Å²) in [6.07, 6.45) is 1.59. The second-order valence-electron chi connectivity index (χ2n) is 10.1. The van der Waals surface area contributed by atoms with Crippen LogP contribution < -0.4 is 4.72 Å². The van der Waals surface area contributed by atoms with Gasteiger partial charge in [-0.25, -0.2) is 22.0 Å². The van der Waals surface area contributed by atoms with Gasteiger partial charge in [-0.3, -0.25) is 19.2 Å². The molecule has 2 aliphatic carbocycles. The second kappa shape index (κ2) is 9.11. The normalized spacial score (nSPS) is 29.5. The molecule has 0 aromatic heterocycles. The lowest BCUT2D eigenvalue weighted by Gasteiger charge is -2.20. The molecule has 0 bridgehead atoms. The number of amides is 2. The molecule has 2 heterocycles. The first kappa shape index (κ1) is 25.2. The van der Waals surface area contributed by atoms with Crippen molar-refractivity contribution < 1.29 is 31.9 Å². The summed E-state index contributed by atoms with van der Waals surface area (Å²) in [4.78, 5) is 40.2. The number of nitrogens with zero attached hydrogens (tertiary/aromatic N) is 2. The summed E-state index contributed by atoms with van der Waals surface area (Å²) in [5.74, 6) is -1.70. The van der Waals surface area contributed by atoms with Crippen molar-refractivity contribution in [2.45, 2.75) is 62.6 Å². The quantitative estimate of drug-likeness (QED) is 0.399. The van der Waals surface area contributed by atoms with Crippen molar-refractivity contribution in [3.8, 4) is 0 Å². The van der Waals surface area contributed by atoms with E-state index in [0.717, 1.165) is 5.56 Å². The first-order valence-corrected chi connectivity index (χ1v) is 13.8. The number of halogens is 2. The van der Waals surface area contributed by atoms with E-state index in [4.69, 9.17) is 16.5 Å². The van der Waals surface area contributed by atoms with E-state index in [-0.39, 0.29) is 50.0 Å². The van der Waals surface area contributed by atoms with Crippen molar-refractivity contribution in [1.29, 1.82) is 0 Å². The highest BCUT2D eigenvalue weighted by atomic mass is 35.5. The molecule has 194 valence electrons. The van der Waals surface area contributed by atoms with Gasteiger partial charge in [0.05, 0.1) is 29.8 Å². The largest absolute Gasteiger partial charge is 0.445 e. The number of ether oxygens (including phenoxy) is 1. The van der Waals surface area contributed by atoms with Gasteiger partial charge in [0.15, 0.2) is 5.78 Å². The molecule has 1 aromatic carbocycles. The van der Waals surface area contributed by atoms with Gasteiger partial charge < -0.3 is 4.74 Å². The van der Waals surface area contributed by atoms with Gasteiger partial charge in [-0.2, -0.15) is 0 Å². The highest BCUT2D eigenvalue weighted by molar-refractivity contribution is 7.90. The number of benzene rings is 1. The third-order valence-electron chi connectivity index (χ3n) is 7.58. The fourth-order valence-electron chi connectivity index (χ4n) is 5.17. The van der Waals surface area contributed by atoms with Crippen molar-refractivity contribution in [1.82, 2.24) is 14.0 Å². The van der Waals surface area contributed by atoms with Gasteiger partial charge >= 0.3 is 6.09 Å². The first-order valence-electron chi connectivity index (χ1n) is 11.9. The molecule has 1 aromatic rings. The van der Waals surface area contributed by atoms with E-state index < -0.39 is 44.8 Å². The van der Waals surface area contributed by atoms with Crippen LogP contribution >= 0.6 is 11.8 Å². The molecular weight excluding hydrogens is 513 g/mol. The van der Waals surface area contributed by atoms with E-state index in [0.29, 0.717) is 24.8 Å². The van der Waals surface area contributed by atoms with Gasteiger partial charge in [-0.15, -0.1) is 6.58 Å². The Morgan fingerprint density at radius 2 is 2.03 bits per heavy atom. The lowest BCUT2D eigenvalue weighted by molar-refractivity contribution is -0.131. The monoisotopic (exact) mass is 539 g/mol. The molecule has 9 nitrogen and oxygen atoms in total. The Hall–Kier alpha value is -2.50. The maximum atomic E-state index is 14.0. The standard InChI is InChI=1S/C24H27ClFN3O6S/c1-2-15-9-24(15,22(31)27-36(33,34)17-6-7-17)10-21(30)20-8-16(12-29(20)25)35-23(32)28-11-14-4-3-5-19(26)18(14)13-28/h2-5,15-17,20H,1,6-13H2,(H,27,31)/t15-,16-,20+,24-/m1/s1. The van der Waals surface area contributed by atoms with Crippen LogP contribution in [0.4, 0.5) is 9.18 Å². The van der Waals surface area contributed by atoms with E-state index in [2.05, 4.69) is 11.3 Å². The van der Waals surface area contributed by atoms with E-state index in [1.807, 2.05) is 0 Å². The molecule has 12 heteroatoms. The summed E-state index contributed by atoms with van der Waals surface area (Å²) in [6.45, 7) is 4.15. The number of hydrogen-bond donors (Lipinski definition) is 1. The molecule has 1 saturated heterocycles. The molecule has 2 amide bonds. The SMILES string of the molecule is C=C[C@@H]1C[C@]1(CC(=O)[C@@H]1C[C@@H](OC(=O)N2Cc3cccc(F)c3C2)CN1Cl)C(=O)NS(=O)(=O)C1CC1. The Bertz CT molecular complexity index is 1240. The number of ketones is 1. The summed E-state index contributed by atoms with van der Waals surface area (Å²) in [5.41, 5.74) is 0.0128. The van der Waals surface area contributed by atoms with E-state index in [1.165, 1.54) is 15.4 Å². The smallest absolute Gasteiger partial charge is 0.410 e. The van der Waals surface area contributed by atoms with E-state index in [9.17, 15) is 27.2 Å². The average Bonchev–Trinajstić information content (AvgIpc) is 3.71. The fourth-order valence-corrected chi connectivity index (χ4v) is 6.90. The van der Waals surface area contributed by atoms with Crippen LogP contribution in [0.2, 0.25) is 0 Å².